The van der Waals surface area contributed by atoms with Crippen LogP contribution in [0.4, 0.5) is 5.69 Å². The van der Waals surface area contributed by atoms with Gasteiger partial charge in [-0.1, -0.05) is 6.07 Å². The van der Waals surface area contributed by atoms with E-state index in [1.807, 2.05) is 66.3 Å². The van der Waals surface area contributed by atoms with Gasteiger partial charge in [0.05, 0.1) is 6.61 Å². The van der Waals surface area contributed by atoms with Crippen LogP contribution in [0.25, 0.3) is 11.4 Å². The van der Waals surface area contributed by atoms with Crippen molar-refractivity contribution in [3.63, 3.8) is 0 Å². The number of nitrogens with zero attached hydrogens (tertiary/aromatic N) is 2. The third-order valence-electron chi connectivity index (χ3n) is 4.10. The quantitative estimate of drug-likeness (QED) is 0.411. The van der Waals surface area contributed by atoms with Gasteiger partial charge < -0.3 is 10.1 Å². The second-order valence-electron chi connectivity index (χ2n) is 5.99. The molecule has 0 aliphatic rings. The van der Waals surface area contributed by atoms with Gasteiger partial charge in [-0.25, -0.2) is 0 Å². The van der Waals surface area contributed by atoms with E-state index >= 15 is 0 Å². The average molecular weight is 415 g/mol. The highest BCUT2D eigenvalue weighted by Gasteiger charge is 2.11. The van der Waals surface area contributed by atoms with Crippen LogP contribution in [0.15, 0.2) is 53.4 Å². The molecular formula is C20H22N4O2S2. The van der Waals surface area contributed by atoms with Gasteiger partial charge in [-0.05, 0) is 67.9 Å². The van der Waals surface area contributed by atoms with Crippen LogP contribution in [-0.4, -0.2) is 33.5 Å². The molecule has 0 aliphatic heterocycles. The van der Waals surface area contributed by atoms with Crippen molar-refractivity contribution in [2.75, 3.05) is 18.2 Å². The van der Waals surface area contributed by atoms with Crippen molar-refractivity contribution in [3.05, 3.63) is 53.3 Å². The van der Waals surface area contributed by atoms with E-state index in [2.05, 4.69) is 15.5 Å². The predicted molar refractivity (Wildman–Crippen MR) is 115 cm³/mol. The Hall–Kier alpha value is -2.58. The number of aromatic nitrogens is 3. The average Bonchev–Trinajstić information content (AvgIpc) is 3.08. The van der Waals surface area contributed by atoms with E-state index in [-0.39, 0.29) is 5.91 Å². The number of hydrogen-bond donors (Lipinski definition) is 2. The highest BCUT2D eigenvalue weighted by molar-refractivity contribution is 7.98. The number of hydrogen-bond acceptors (Lipinski definition) is 5. The lowest BCUT2D eigenvalue weighted by Crippen LogP contribution is -2.15. The number of carbonyl (C=O) groups excluding carboxylic acids is 1. The molecule has 0 saturated carbocycles. The van der Waals surface area contributed by atoms with Crippen LogP contribution >= 0.6 is 24.0 Å². The third-order valence-corrected chi connectivity index (χ3v) is 5.13. The molecule has 0 bridgehead atoms. The van der Waals surface area contributed by atoms with E-state index < -0.39 is 0 Å². The van der Waals surface area contributed by atoms with Crippen molar-refractivity contribution in [1.82, 2.24) is 14.8 Å². The lowest BCUT2D eigenvalue weighted by Gasteiger charge is -2.09. The Balaban J connectivity index is 1.68. The van der Waals surface area contributed by atoms with Crippen molar-refractivity contribution in [2.24, 2.45) is 0 Å². The number of anilines is 1. The zero-order valence-electron chi connectivity index (χ0n) is 15.8. The van der Waals surface area contributed by atoms with Crippen LogP contribution in [-0.2, 0) is 11.3 Å². The molecule has 3 rings (SSSR count). The fourth-order valence-corrected chi connectivity index (χ4v) is 3.43. The second-order valence-corrected chi connectivity index (χ2v) is 7.26. The Morgan fingerprint density at radius 3 is 2.79 bits per heavy atom. The van der Waals surface area contributed by atoms with E-state index in [9.17, 15) is 4.79 Å². The van der Waals surface area contributed by atoms with Gasteiger partial charge in [0.2, 0.25) is 5.91 Å². The van der Waals surface area contributed by atoms with Gasteiger partial charge in [-0.3, -0.25) is 14.5 Å². The van der Waals surface area contributed by atoms with E-state index in [0.717, 1.165) is 21.9 Å². The first-order valence-corrected chi connectivity index (χ1v) is 10.6. The maximum absolute atomic E-state index is 12.4. The topological polar surface area (TPSA) is 71.9 Å². The van der Waals surface area contributed by atoms with E-state index in [1.165, 1.54) is 0 Å². The standard InChI is InChI=1S/C20H22N4O2S2/c1-3-26-16-9-7-14(8-10-16)19-22-23-20(27)24(19)12-11-18(25)21-15-5-4-6-17(13-15)28-2/h4-10,13H,3,11-12H2,1-2H3,(H,21,25)(H,23,27). The molecule has 8 heteroatoms. The molecular weight excluding hydrogens is 392 g/mol. The fourth-order valence-electron chi connectivity index (χ4n) is 2.75. The first-order valence-electron chi connectivity index (χ1n) is 8.93. The molecule has 0 fully saturated rings. The first-order chi connectivity index (χ1) is 13.6. The molecule has 0 saturated heterocycles. The summed E-state index contributed by atoms with van der Waals surface area (Å²) >= 11 is 6.98. The molecule has 0 aliphatic carbocycles. The smallest absolute Gasteiger partial charge is 0.226 e. The Bertz CT molecular complexity index is 996. The third kappa shape index (κ3) is 5.02. The van der Waals surface area contributed by atoms with E-state index in [0.29, 0.717) is 30.2 Å². The monoisotopic (exact) mass is 414 g/mol. The summed E-state index contributed by atoms with van der Waals surface area (Å²) in [5.74, 6) is 1.43. The molecule has 0 spiro atoms. The van der Waals surface area contributed by atoms with Gasteiger partial charge in [-0.15, -0.1) is 11.8 Å². The summed E-state index contributed by atoms with van der Waals surface area (Å²) in [7, 11) is 0. The van der Waals surface area contributed by atoms with Gasteiger partial charge in [0, 0.05) is 29.1 Å². The van der Waals surface area contributed by atoms with Crippen LogP contribution in [0.5, 0.6) is 5.75 Å². The van der Waals surface area contributed by atoms with E-state index in [1.54, 1.807) is 11.8 Å². The summed E-state index contributed by atoms with van der Waals surface area (Å²) in [6, 6.07) is 15.4. The lowest BCUT2D eigenvalue weighted by atomic mass is 10.2. The van der Waals surface area contributed by atoms with Gasteiger partial charge in [0.25, 0.3) is 0 Å². The van der Waals surface area contributed by atoms with Crippen LogP contribution in [0, 0.1) is 4.77 Å². The summed E-state index contributed by atoms with van der Waals surface area (Å²) < 4.78 is 7.80. The molecule has 2 N–H and O–H groups in total. The first kappa shape index (κ1) is 20.2. The van der Waals surface area contributed by atoms with Crippen LogP contribution < -0.4 is 10.1 Å². The molecule has 3 aromatic rings. The number of ether oxygens (including phenoxy) is 1. The number of carbonyl (C=O) groups is 1. The maximum atomic E-state index is 12.4. The Morgan fingerprint density at radius 1 is 1.29 bits per heavy atom. The van der Waals surface area contributed by atoms with Crippen LogP contribution in [0.3, 0.4) is 0 Å². The largest absolute Gasteiger partial charge is 0.494 e. The molecule has 6 nitrogen and oxygen atoms in total. The van der Waals surface area contributed by atoms with Crippen LogP contribution in [0.2, 0.25) is 0 Å². The number of aromatic amines is 1. The Morgan fingerprint density at radius 2 is 2.07 bits per heavy atom. The van der Waals surface area contributed by atoms with Gasteiger partial charge in [-0.2, -0.15) is 5.10 Å². The molecule has 1 heterocycles. The molecule has 0 atom stereocenters. The van der Waals surface area contributed by atoms with Gasteiger partial charge in [0.1, 0.15) is 5.75 Å². The highest BCUT2D eigenvalue weighted by atomic mass is 32.2. The molecule has 1 aromatic heterocycles. The molecule has 146 valence electrons. The number of thioether (sulfide) groups is 1. The minimum atomic E-state index is -0.0704. The molecule has 2 aromatic carbocycles. The van der Waals surface area contributed by atoms with Crippen molar-refractivity contribution in [2.45, 2.75) is 24.8 Å². The zero-order valence-corrected chi connectivity index (χ0v) is 17.4. The summed E-state index contributed by atoms with van der Waals surface area (Å²) in [5, 5.41) is 10.1. The predicted octanol–water partition coefficient (Wildman–Crippen LogP) is 4.76. The summed E-state index contributed by atoms with van der Waals surface area (Å²) in [6.07, 6.45) is 2.30. The number of nitrogens with one attached hydrogen (secondary N) is 2. The summed E-state index contributed by atoms with van der Waals surface area (Å²) in [4.78, 5) is 13.5. The second kappa shape index (κ2) is 9.57. The minimum absolute atomic E-state index is 0.0704. The molecule has 0 unspecified atom stereocenters. The zero-order chi connectivity index (χ0) is 19.9. The minimum Gasteiger partial charge on any atom is -0.494 e. The number of amides is 1. The normalized spacial score (nSPS) is 10.6. The summed E-state index contributed by atoms with van der Waals surface area (Å²) in [5.41, 5.74) is 1.70. The number of H-pyrrole nitrogens is 1. The number of benzene rings is 2. The van der Waals surface area contributed by atoms with E-state index in [4.69, 9.17) is 17.0 Å². The highest BCUT2D eigenvalue weighted by Crippen LogP contribution is 2.22. The molecule has 0 radical (unpaired) electrons. The fraction of sp³-hybridized carbons (Fsp3) is 0.250. The van der Waals surface area contributed by atoms with Gasteiger partial charge >= 0.3 is 0 Å². The summed E-state index contributed by atoms with van der Waals surface area (Å²) in [6.45, 7) is 3.00. The van der Waals surface area contributed by atoms with Crippen molar-refractivity contribution >= 4 is 35.6 Å². The molecule has 28 heavy (non-hydrogen) atoms. The SMILES string of the molecule is CCOc1ccc(-c2n[nH]c(=S)n2CCC(=O)Nc2cccc(SC)c2)cc1. The van der Waals surface area contributed by atoms with Crippen LogP contribution in [0.1, 0.15) is 13.3 Å². The lowest BCUT2D eigenvalue weighted by molar-refractivity contribution is -0.116. The van der Waals surface area contributed by atoms with Crippen molar-refractivity contribution in [3.8, 4) is 17.1 Å². The van der Waals surface area contributed by atoms with Crippen molar-refractivity contribution in [1.29, 1.82) is 0 Å². The maximum Gasteiger partial charge on any atom is 0.226 e. The molecule has 1 amide bonds. The van der Waals surface area contributed by atoms with Crippen molar-refractivity contribution < 1.29 is 9.53 Å². The van der Waals surface area contributed by atoms with Gasteiger partial charge in [0.15, 0.2) is 10.6 Å². The Kier molecular flexibility index (Phi) is 6.89. The number of rotatable bonds is 8. The Labute approximate surface area is 173 Å².